The van der Waals surface area contributed by atoms with Gasteiger partial charge in [0.05, 0.1) is 7.11 Å². The van der Waals surface area contributed by atoms with Crippen LogP contribution in [0.4, 0.5) is 0 Å². The number of aromatic amines is 1. The second-order valence-electron chi connectivity index (χ2n) is 3.24. The lowest BCUT2D eigenvalue weighted by molar-refractivity contribution is 0.414. The first kappa shape index (κ1) is 11.0. The van der Waals surface area contributed by atoms with Gasteiger partial charge in [0, 0.05) is 5.75 Å². The first-order chi connectivity index (χ1) is 7.88. The minimum atomic E-state index is 0.869. The molecule has 0 radical (unpaired) electrons. The minimum Gasteiger partial charge on any atom is -0.497 e. The fourth-order valence-electron chi connectivity index (χ4n) is 1.32. The van der Waals surface area contributed by atoms with Gasteiger partial charge in [-0.25, -0.2) is 4.98 Å². The van der Waals surface area contributed by atoms with Crippen molar-refractivity contribution in [3.05, 3.63) is 36.2 Å². The van der Waals surface area contributed by atoms with Gasteiger partial charge in [-0.3, -0.25) is 5.10 Å². The summed E-state index contributed by atoms with van der Waals surface area (Å²) in [5, 5.41) is 7.49. The lowest BCUT2D eigenvalue weighted by atomic mass is 10.2. The molecule has 1 aromatic heterocycles. The molecule has 0 atom stereocenters. The standard InChI is InChI=1S/C11H13N3OS/c1-15-10-4-2-9(3-5-10)6-7-16-11-12-8-13-14-11/h2-5,8H,6-7H2,1H3,(H,12,13,14). The Labute approximate surface area is 98.4 Å². The minimum absolute atomic E-state index is 0.869. The second kappa shape index (κ2) is 5.55. The number of aryl methyl sites for hydroxylation is 1. The van der Waals surface area contributed by atoms with Crippen LogP contribution < -0.4 is 4.74 Å². The van der Waals surface area contributed by atoms with E-state index in [1.54, 1.807) is 18.9 Å². The summed E-state index contributed by atoms with van der Waals surface area (Å²) in [5.41, 5.74) is 1.30. The van der Waals surface area contributed by atoms with Gasteiger partial charge in [0.2, 0.25) is 0 Å². The number of rotatable bonds is 5. The Morgan fingerprint density at radius 2 is 2.12 bits per heavy atom. The average molecular weight is 235 g/mol. The molecular weight excluding hydrogens is 222 g/mol. The molecule has 2 rings (SSSR count). The number of aromatic nitrogens is 3. The van der Waals surface area contributed by atoms with E-state index in [4.69, 9.17) is 4.74 Å². The number of nitrogens with one attached hydrogen (secondary N) is 1. The van der Waals surface area contributed by atoms with E-state index in [2.05, 4.69) is 27.3 Å². The third-order valence-electron chi connectivity index (χ3n) is 2.18. The zero-order valence-corrected chi connectivity index (χ0v) is 9.83. The van der Waals surface area contributed by atoms with Crippen LogP contribution in [0.3, 0.4) is 0 Å². The van der Waals surface area contributed by atoms with Crippen molar-refractivity contribution in [3.63, 3.8) is 0 Å². The number of hydrogen-bond acceptors (Lipinski definition) is 4. The quantitative estimate of drug-likeness (QED) is 0.807. The highest BCUT2D eigenvalue weighted by Gasteiger charge is 1.98. The van der Waals surface area contributed by atoms with Gasteiger partial charge in [-0.15, -0.1) is 0 Å². The van der Waals surface area contributed by atoms with E-state index < -0.39 is 0 Å². The molecule has 0 fully saturated rings. The maximum absolute atomic E-state index is 5.10. The highest BCUT2D eigenvalue weighted by Crippen LogP contribution is 2.16. The maximum Gasteiger partial charge on any atom is 0.183 e. The van der Waals surface area contributed by atoms with E-state index in [-0.39, 0.29) is 0 Å². The van der Waals surface area contributed by atoms with Crippen LogP contribution in [0.5, 0.6) is 5.75 Å². The fourth-order valence-corrected chi connectivity index (χ4v) is 2.09. The van der Waals surface area contributed by atoms with Gasteiger partial charge >= 0.3 is 0 Å². The third kappa shape index (κ3) is 3.00. The van der Waals surface area contributed by atoms with Crippen LogP contribution in [0.2, 0.25) is 0 Å². The molecule has 0 aliphatic carbocycles. The predicted octanol–water partition coefficient (Wildman–Crippen LogP) is 2.15. The SMILES string of the molecule is COc1ccc(CCSc2ncn[nH]2)cc1. The van der Waals surface area contributed by atoms with Crippen LogP contribution in [0.25, 0.3) is 0 Å². The Balaban J connectivity index is 1.81. The van der Waals surface area contributed by atoms with Gasteiger partial charge in [-0.2, -0.15) is 5.10 Å². The fraction of sp³-hybridized carbons (Fsp3) is 0.273. The number of methoxy groups -OCH3 is 1. The summed E-state index contributed by atoms with van der Waals surface area (Å²) < 4.78 is 5.10. The van der Waals surface area contributed by atoms with Gasteiger partial charge in [0.25, 0.3) is 0 Å². The third-order valence-corrected chi connectivity index (χ3v) is 3.06. The molecule has 2 aromatic rings. The molecule has 1 heterocycles. The molecule has 16 heavy (non-hydrogen) atoms. The molecule has 84 valence electrons. The van der Waals surface area contributed by atoms with Crippen LogP contribution in [0.15, 0.2) is 35.7 Å². The summed E-state index contributed by atoms with van der Waals surface area (Å²) in [6, 6.07) is 8.13. The number of thioether (sulfide) groups is 1. The molecule has 1 N–H and O–H groups in total. The molecule has 0 aliphatic rings. The predicted molar refractivity (Wildman–Crippen MR) is 63.8 cm³/mol. The van der Waals surface area contributed by atoms with Crippen molar-refractivity contribution in [1.29, 1.82) is 0 Å². The van der Waals surface area contributed by atoms with Crippen molar-refractivity contribution in [1.82, 2.24) is 15.2 Å². The first-order valence-electron chi connectivity index (χ1n) is 4.99. The smallest absolute Gasteiger partial charge is 0.183 e. The van der Waals surface area contributed by atoms with E-state index in [1.165, 1.54) is 11.9 Å². The van der Waals surface area contributed by atoms with E-state index in [0.29, 0.717) is 0 Å². The van der Waals surface area contributed by atoms with Gasteiger partial charge < -0.3 is 4.74 Å². The molecule has 0 unspecified atom stereocenters. The zero-order chi connectivity index (χ0) is 11.2. The Hall–Kier alpha value is -1.49. The molecule has 0 bridgehead atoms. The lowest BCUT2D eigenvalue weighted by Crippen LogP contribution is -1.90. The van der Waals surface area contributed by atoms with E-state index in [9.17, 15) is 0 Å². The van der Waals surface area contributed by atoms with E-state index in [0.717, 1.165) is 23.1 Å². The molecule has 0 spiro atoms. The highest BCUT2D eigenvalue weighted by molar-refractivity contribution is 7.99. The molecule has 0 amide bonds. The van der Waals surface area contributed by atoms with E-state index >= 15 is 0 Å². The number of hydrogen-bond donors (Lipinski definition) is 1. The highest BCUT2D eigenvalue weighted by atomic mass is 32.2. The van der Waals surface area contributed by atoms with Gasteiger partial charge in [0.1, 0.15) is 12.1 Å². The molecule has 0 saturated carbocycles. The van der Waals surface area contributed by atoms with Crippen molar-refractivity contribution in [2.24, 2.45) is 0 Å². The number of nitrogens with zero attached hydrogens (tertiary/aromatic N) is 2. The summed E-state index contributed by atoms with van der Waals surface area (Å²) in [7, 11) is 1.68. The molecule has 0 aliphatic heterocycles. The van der Waals surface area contributed by atoms with Crippen molar-refractivity contribution in [2.45, 2.75) is 11.6 Å². The van der Waals surface area contributed by atoms with Crippen molar-refractivity contribution in [3.8, 4) is 5.75 Å². The molecule has 0 saturated heterocycles. The first-order valence-corrected chi connectivity index (χ1v) is 5.98. The average Bonchev–Trinajstić information content (AvgIpc) is 2.83. The summed E-state index contributed by atoms with van der Waals surface area (Å²) in [6.45, 7) is 0. The number of benzene rings is 1. The van der Waals surface area contributed by atoms with Gasteiger partial charge in [-0.1, -0.05) is 23.9 Å². The Morgan fingerprint density at radius 3 is 2.75 bits per heavy atom. The molecular formula is C11H13N3OS. The summed E-state index contributed by atoms with van der Waals surface area (Å²) in [6.07, 6.45) is 2.53. The molecule has 5 heteroatoms. The Morgan fingerprint density at radius 1 is 1.31 bits per heavy atom. The van der Waals surface area contributed by atoms with Gasteiger partial charge in [-0.05, 0) is 24.1 Å². The van der Waals surface area contributed by atoms with E-state index in [1.807, 2.05) is 12.1 Å². The Kier molecular flexibility index (Phi) is 3.82. The number of H-pyrrole nitrogens is 1. The normalized spacial score (nSPS) is 10.3. The molecule has 4 nitrogen and oxygen atoms in total. The number of ether oxygens (including phenoxy) is 1. The summed E-state index contributed by atoms with van der Waals surface area (Å²) >= 11 is 1.67. The second-order valence-corrected chi connectivity index (χ2v) is 4.32. The Bertz CT molecular complexity index is 413. The topological polar surface area (TPSA) is 50.8 Å². The largest absolute Gasteiger partial charge is 0.497 e. The van der Waals surface area contributed by atoms with Gasteiger partial charge in [0.15, 0.2) is 5.16 Å². The monoisotopic (exact) mass is 235 g/mol. The van der Waals surface area contributed by atoms with Crippen molar-refractivity contribution < 1.29 is 4.74 Å². The maximum atomic E-state index is 5.10. The van der Waals surface area contributed by atoms with Crippen LogP contribution in [0.1, 0.15) is 5.56 Å². The van der Waals surface area contributed by atoms with Crippen LogP contribution in [0, 0.1) is 0 Å². The zero-order valence-electron chi connectivity index (χ0n) is 9.01. The summed E-state index contributed by atoms with van der Waals surface area (Å²) in [5.74, 6) is 1.88. The van der Waals surface area contributed by atoms with Crippen molar-refractivity contribution >= 4 is 11.8 Å². The van der Waals surface area contributed by atoms with Crippen LogP contribution in [-0.4, -0.2) is 28.0 Å². The molecule has 1 aromatic carbocycles. The van der Waals surface area contributed by atoms with Crippen LogP contribution in [-0.2, 0) is 6.42 Å². The van der Waals surface area contributed by atoms with Crippen molar-refractivity contribution in [2.75, 3.05) is 12.9 Å². The lowest BCUT2D eigenvalue weighted by Gasteiger charge is -2.02. The summed E-state index contributed by atoms with van der Waals surface area (Å²) in [4.78, 5) is 4.05. The van der Waals surface area contributed by atoms with Crippen LogP contribution >= 0.6 is 11.8 Å².